The lowest BCUT2D eigenvalue weighted by Crippen LogP contribution is -2.50. The molecule has 3 nitrogen and oxygen atoms in total. The lowest BCUT2D eigenvalue weighted by molar-refractivity contribution is -0.113. The molecule has 0 aliphatic heterocycles. The molecule has 0 aromatic heterocycles. The summed E-state index contributed by atoms with van der Waals surface area (Å²) in [4.78, 5) is 0.424. The minimum absolute atomic E-state index is 0.174. The topological polar surface area (TPSA) is 27.7 Å². The molecule has 1 aliphatic carbocycles. The summed E-state index contributed by atoms with van der Waals surface area (Å²) in [5.74, 6) is 0.868. The van der Waals surface area contributed by atoms with Gasteiger partial charge in [-0.15, -0.1) is 0 Å². The summed E-state index contributed by atoms with van der Waals surface area (Å²) < 4.78 is 16.3. The van der Waals surface area contributed by atoms with Crippen LogP contribution >= 0.6 is 15.9 Å². The van der Waals surface area contributed by atoms with E-state index in [9.17, 15) is 0 Å². The highest BCUT2D eigenvalue weighted by molar-refractivity contribution is 9.09. The van der Waals surface area contributed by atoms with Crippen LogP contribution in [0.4, 0.5) is 0 Å². The van der Waals surface area contributed by atoms with Gasteiger partial charge < -0.3 is 14.2 Å². The number of halogens is 1. The van der Waals surface area contributed by atoms with Crippen molar-refractivity contribution in [3.8, 4) is 5.75 Å². The lowest BCUT2D eigenvalue weighted by Gasteiger charge is -2.40. The second-order valence-electron chi connectivity index (χ2n) is 4.15. The van der Waals surface area contributed by atoms with E-state index in [1.807, 2.05) is 24.3 Å². The van der Waals surface area contributed by atoms with Crippen molar-refractivity contribution in [1.29, 1.82) is 0 Å². The van der Waals surface area contributed by atoms with Gasteiger partial charge in [0.15, 0.2) is 0 Å². The molecule has 94 valence electrons. The maximum atomic E-state index is 5.82. The molecule has 0 spiro atoms. The number of benzene rings is 1. The maximum absolute atomic E-state index is 5.82. The SMILES string of the molecule is COc1ccc(COC2CC(Br)C2OC)cc1. The molecule has 0 saturated heterocycles. The highest BCUT2D eigenvalue weighted by atomic mass is 79.9. The molecule has 3 unspecified atom stereocenters. The Morgan fingerprint density at radius 2 is 1.94 bits per heavy atom. The zero-order valence-corrected chi connectivity index (χ0v) is 11.6. The number of hydrogen-bond acceptors (Lipinski definition) is 3. The van der Waals surface area contributed by atoms with Gasteiger partial charge in [0, 0.05) is 11.9 Å². The Hall–Kier alpha value is -0.580. The molecule has 4 heteroatoms. The highest BCUT2D eigenvalue weighted by Gasteiger charge is 2.40. The molecule has 3 atom stereocenters. The van der Waals surface area contributed by atoms with Crippen molar-refractivity contribution >= 4 is 15.9 Å². The van der Waals surface area contributed by atoms with Gasteiger partial charge in [0.25, 0.3) is 0 Å². The van der Waals surface area contributed by atoms with E-state index in [0.29, 0.717) is 11.4 Å². The number of hydrogen-bond donors (Lipinski definition) is 0. The van der Waals surface area contributed by atoms with Gasteiger partial charge in [-0.25, -0.2) is 0 Å². The number of methoxy groups -OCH3 is 2. The van der Waals surface area contributed by atoms with Crippen molar-refractivity contribution in [2.45, 2.75) is 30.1 Å². The minimum Gasteiger partial charge on any atom is -0.497 e. The Morgan fingerprint density at radius 1 is 1.24 bits per heavy atom. The second-order valence-corrected chi connectivity index (χ2v) is 5.33. The minimum atomic E-state index is 0.174. The van der Waals surface area contributed by atoms with Crippen molar-refractivity contribution < 1.29 is 14.2 Å². The molecule has 2 rings (SSSR count). The average Bonchev–Trinajstić information content (AvgIpc) is 2.35. The van der Waals surface area contributed by atoms with Gasteiger partial charge >= 0.3 is 0 Å². The summed E-state index contributed by atoms with van der Waals surface area (Å²) in [5, 5.41) is 0. The number of ether oxygens (including phenoxy) is 3. The quantitative estimate of drug-likeness (QED) is 0.783. The molecule has 0 bridgehead atoms. The zero-order valence-electron chi connectivity index (χ0n) is 10.1. The third kappa shape index (κ3) is 3.00. The first-order chi connectivity index (χ1) is 8.24. The molecule has 1 aromatic carbocycles. The molecule has 1 aromatic rings. The monoisotopic (exact) mass is 300 g/mol. The first-order valence-corrected chi connectivity index (χ1v) is 6.57. The normalized spacial score (nSPS) is 27.6. The fourth-order valence-corrected chi connectivity index (χ4v) is 2.84. The largest absolute Gasteiger partial charge is 0.497 e. The van der Waals surface area contributed by atoms with Crippen LogP contribution in [0.3, 0.4) is 0 Å². The molecule has 0 heterocycles. The Bertz CT molecular complexity index is 352. The van der Waals surface area contributed by atoms with Crippen LogP contribution in [0.1, 0.15) is 12.0 Å². The van der Waals surface area contributed by atoms with Crippen LogP contribution in [0.15, 0.2) is 24.3 Å². The van der Waals surface area contributed by atoms with E-state index >= 15 is 0 Å². The molecule has 1 fully saturated rings. The van der Waals surface area contributed by atoms with Gasteiger partial charge in [0.1, 0.15) is 5.75 Å². The Morgan fingerprint density at radius 3 is 2.47 bits per heavy atom. The third-order valence-corrected chi connectivity index (χ3v) is 3.97. The van der Waals surface area contributed by atoms with E-state index < -0.39 is 0 Å². The van der Waals surface area contributed by atoms with Crippen LogP contribution in [0.2, 0.25) is 0 Å². The van der Waals surface area contributed by atoms with Crippen LogP contribution in [0.5, 0.6) is 5.75 Å². The smallest absolute Gasteiger partial charge is 0.118 e. The van der Waals surface area contributed by atoms with E-state index in [1.54, 1.807) is 14.2 Å². The summed E-state index contributed by atoms with van der Waals surface area (Å²) >= 11 is 3.55. The zero-order chi connectivity index (χ0) is 12.3. The van der Waals surface area contributed by atoms with Gasteiger partial charge in [0.2, 0.25) is 0 Å². The second kappa shape index (κ2) is 5.85. The van der Waals surface area contributed by atoms with Crippen molar-refractivity contribution in [2.24, 2.45) is 0 Å². The van der Waals surface area contributed by atoms with E-state index in [4.69, 9.17) is 14.2 Å². The molecule has 1 saturated carbocycles. The van der Waals surface area contributed by atoms with Crippen LogP contribution in [-0.4, -0.2) is 31.3 Å². The van der Waals surface area contributed by atoms with Gasteiger partial charge in [-0.05, 0) is 24.1 Å². The van der Waals surface area contributed by atoms with Crippen LogP contribution in [-0.2, 0) is 16.1 Å². The van der Waals surface area contributed by atoms with Crippen molar-refractivity contribution in [3.63, 3.8) is 0 Å². The lowest BCUT2D eigenvalue weighted by atomic mass is 9.91. The van der Waals surface area contributed by atoms with E-state index in [0.717, 1.165) is 17.7 Å². The summed E-state index contributed by atoms with van der Waals surface area (Å²) in [5.41, 5.74) is 1.15. The van der Waals surface area contributed by atoms with Crippen LogP contribution in [0, 0.1) is 0 Å². The summed E-state index contributed by atoms with van der Waals surface area (Å²) in [6.45, 7) is 0.619. The van der Waals surface area contributed by atoms with Crippen molar-refractivity contribution in [3.05, 3.63) is 29.8 Å². The maximum Gasteiger partial charge on any atom is 0.118 e. The molecular formula is C13H17BrO3. The summed E-state index contributed by atoms with van der Waals surface area (Å²) in [6, 6.07) is 7.93. The van der Waals surface area contributed by atoms with Gasteiger partial charge in [-0.3, -0.25) is 0 Å². The third-order valence-electron chi connectivity index (χ3n) is 3.08. The van der Waals surface area contributed by atoms with Crippen LogP contribution in [0.25, 0.3) is 0 Å². The molecule has 0 radical (unpaired) electrons. The summed E-state index contributed by atoms with van der Waals surface area (Å²) in [6.07, 6.45) is 1.38. The van der Waals surface area contributed by atoms with Gasteiger partial charge in [0.05, 0.1) is 25.9 Å². The average molecular weight is 301 g/mol. The first kappa shape index (κ1) is 12.9. The van der Waals surface area contributed by atoms with Gasteiger partial charge in [-0.1, -0.05) is 28.1 Å². The highest BCUT2D eigenvalue weighted by Crippen LogP contribution is 2.33. The first-order valence-electron chi connectivity index (χ1n) is 5.66. The predicted octanol–water partition coefficient (Wildman–Crippen LogP) is 2.76. The number of alkyl halides is 1. The van der Waals surface area contributed by atoms with E-state index in [1.165, 1.54) is 0 Å². The number of rotatable bonds is 5. The molecule has 0 amide bonds. The predicted molar refractivity (Wildman–Crippen MR) is 69.7 cm³/mol. The Balaban J connectivity index is 1.81. The molecule has 1 aliphatic rings. The fraction of sp³-hybridized carbons (Fsp3) is 0.538. The van der Waals surface area contributed by atoms with E-state index in [-0.39, 0.29) is 12.2 Å². The Labute approximate surface area is 110 Å². The standard InChI is InChI=1S/C13H17BrO3/c1-15-10-5-3-9(4-6-10)8-17-12-7-11(14)13(12)16-2/h3-6,11-13H,7-8H2,1-2H3. The molecular weight excluding hydrogens is 284 g/mol. The van der Waals surface area contributed by atoms with E-state index in [2.05, 4.69) is 15.9 Å². The van der Waals surface area contributed by atoms with Gasteiger partial charge in [-0.2, -0.15) is 0 Å². The molecule has 0 N–H and O–H groups in total. The van der Waals surface area contributed by atoms with Crippen molar-refractivity contribution in [1.82, 2.24) is 0 Å². The fourth-order valence-electron chi connectivity index (χ4n) is 1.91. The summed E-state index contributed by atoms with van der Waals surface area (Å²) in [7, 11) is 3.39. The molecule has 17 heavy (non-hydrogen) atoms. The Kier molecular flexibility index (Phi) is 4.42. The van der Waals surface area contributed by atoms with Crippen molar-refractivity contribution in [2.75, 3.05) is 14.2 Å². The van der Waals surface area contributed by atoms with Crippen LogP contribution < -0.4 is 4.74 Å².